The van der Waals surface area contributed by atoms with Crippen LogP contribution in [0.4, 0.5) is 0 Å². The Labute approximate surface area is 103 Å². The first-order valence-electron chi connectivity index (χ1n) is 6.37. The molecular weight excluding hydrogens is 220 g/mol. The highest BCUT2D eigenvalue weighted by molar-refractivity contribution is 5.38. The topological polar surface area (TPSA) is 66.8 Å². The van der Waals surface area contributed by atoms with E-state index in [0.29, 0.717) is 38.6 Å². The minimum atomic E-state index is -0.985. The highest BCUT2D eigenvalue weighted by atomic mass is 16.5. The van der Waals surface area contributed by atoms with Crippen LogP contribution < -0.4 is 0 Å². The van der Waals surface area contributed by atoms with Crippen LogP contribution in [0.1, 0.15) is 59.3 Å². The lowest BCUT2D eigenvalue weighted by Gasteiger charge is -2.49. The summed E-state index contributed by atoms with van der Waals surface area (Å²) in [6.45, 7) is 6.03. The summed E-state index contributed by atoms with van der Waals surface area (Å²) in [5, 5.41) is 20.7. The van der Waals surface area contributed by atoms with Gasteiger partial charge in [0, 0.05) is 19.3 Å². The molecule has 100 valence electrons. The Morgan fingerprint density at radius 3 is 2.35 bits per heavy atom. The summed E-state index contributed by atoms with van der Waals surface area (Å²) in [6, 6.07) is 0. The zero-order valence-corrected chi connectivity index (χ0v) is 11.0. The predicted molar refractivity (Wildman–Crippen MR) is 64.5 cm³/mol. The highest BCUT2D eigenvalue weighted by Crippen LogP contribution is 2.46. The minimum Gasteiger partial charge on any atom is -0.461 e. The van der Waals surface area contributed by atoms with Gasteiger partial charge >= 0.3 is 0 Å². The van der Waals surface area contributed by atoms with Gasteiger partial charge < -0.3 is 14.9 Å². The van der Waals surface area contributed by atoms with Gasteiger partial charge in [0.1, 0.15) is 5.60 Å². The summed E-state index contributed by atoms with van der Waals surface area (Å²) in [5.41, 5.74) is -2.65. The summed E-state index contributed by atoms with van der Waals surface area (Å²) < 4.78 is 5.24. The van der Waals surface area contributed by atoms with Crippen LogP contribution >= 0.6 is 0 Å². The molecule has 2 N–H and O–H groups in total. The van der Waals surface area contributed by atoms with Crippen molar-refractivity contribution < 1.29 is 19.7 Å². The van der Waals surface area contributed by atoms with E-state index in [9.17, 15) is 15.0 Å². The molecule has 1 fully saturated rings. The molecule has 0 aromatic rings. The molecule has 0 amide bonds. The third-order valence-electron chi connectivity index (χ3n) is 3.73. The van der Waals surface area contributed by atoms with Crippen molar-refractivity contribution in [1.29, 1.82) is 0 Å². The largest absolute Gasteiger partial charge is 0.461 e. The fraction of sp³-hybridized carbons (Fsp3) is 0.923. The van der Waals surface area contributed by atoms with Crippen LogP contribution in [0.15, 0.2) is 0 Å². The quantitative estimate of drug-likeness (QED) is 0.723. The Hall–Kier alpha value is -0.610. The van der Waals surface area contributed by atoms with E-state index >= 15 is 0 Å². The Morgan fingerprint density at radius 1 is 1.24 bits per heavy atom. The summed E-state index contributed by atoms with van der Waals surface area (Å²) in [6.07, 6.45) is 3.23. The van der Waals surface area contributed by atoms with Gasteiger partial charge in [0.15, 0.2) is 0 Å². The summed E-state index contributed by atoms with van der Waals surface area (Å²) in [4.78, 5) is 10.7. The van der Waals surface area contributed by atoms with Gasteiger partial charge in [-0.25, -0.2) is 0 Å². The second-order valence-electron chi connectivity index (χ2n) is 5.75. The number of hydrogen-bond acceptors (Lipinski definition) is 4. The fourth-order valence-corrected chi connectivity index (χ4v) is 3.32. The van der Waals surface area contributed by atoms with E-state index < -0.39 is 16.8 Å². The Bertz CT molecular complexity index is 277. The maximum Gasteiger partial charge on any atom is 0.293 e. The fourth-order valence-electron chi connectivity index (χ4n) is 3.32. The van der Waals surface area contributed by atoms with Gasteiger partial charge in [0.2, 0.25) is 0 Å². The average molecular weight is 244 g/mol. The molecule has 3 atom stereocenters. The molecule has 0 saturated heterocycles. The second kappa shape index (κ2) is 4.94. The van der Waals surface area contributed by atoms with Crippen molar-refractivity contribution >= 4 is 6.47 Å². The lowest BCUT2D eigenvalue weighted by atomic mass is 9.66. The summed E-state index contributed by atoms with van der Waals surface area (Å²) in [7, 11) is 0. The molecule has 0 bridgehead atoms. The van der Waals surface area contributed by atoms with Crippen LogP contribution in [0.2, 0.25) is 0 Å². The van der Waals surface area contributed by atoms with Gasteiger partial charge in [-0.3, -0.25) is 4.79 Å². The standard InChI is InChI=1S/C13H24O4/c1-4-6-13(17-10-14)8-11(3,15)7-12(16,5-2)9-13/h10,15-16H,4-9H2,1-3H3. The van der Waals surface area contributed by atoms with E-state index in [1.54, 1.807) is 6.92 Å². The highest BCUT2D eigenvalue weighted by Gasteiger charge is 2.52. The average Bonchev–Trinajstić information content (AvgIpc) is 2.15. The molecule has 17 heavy (non-hydrogen) atoms. The van der Waals surface area contributed by atoms with Crippen LogP contribution in [0.3, 0.4) is 0 Å². The summed E-state index contributed by atoms with van der Waals surface area (Å²) >= 11 is 0. The molecule has 1 aliphatic carbocycles. The molecule has 0 radical (unpaired) electrons. The first-order chi connectivity index (χ1) is 7.80. The van der Waals surface area contributed by atoms with Gasteiger partial charge in [-0.15, -0.1) is 0 Å². The van der Waals surface area contributed by atoms with E-state index in [4.69, 9.17) is 4.74 Å². The third kappa shape index (κ3) is 3.42. The number of ether oxygens (including phenoxy) is 1. The molecule has 0 aromatic heterocycles. The molecule has 1 saturated carbocycles. The van der Waals surface area contributed by atoms with Crippen molar-refractivity contribution in [2.24, 2.45) is 0 Å². The van der Waals surface area contributed by atoms with Crippen LogP contribution in [-0.2, 0) is 9.53 Å². The minimum absolute atomic E-state index is 0.337. The van der Waals surface area contributed by atoms with E-state index in [1.165, 1.54) is 0 Å². The Balaban J connectivity index is 2.99. The van der Waals surface area contributed by atoms with Crippen LogP contribution in [0.25, 0.3) is 0 Å². The number of carbonyl (C=O) groups is 1. The van der Waals surface area contributed by atoms with Gasteiger partial charge in [0.25, 0.3) is 6.47 Å². The van der Waals surface area contributed by atoms with E-state index in [2.05, 4.69) is 0 Å². The smallest absolute Gasteiger partial charge is 0.293 e. The Kier molecular flexibility index (Phi) is 4.20. The first kappa shape index (κ1) is 14.5. The molecule has 0 aromatic carbocycles. The molecular formula is C13H24O4. The van der Waals surface area contributed by atoms with Crippen molar-refractivity contribution in [2.45, 2.75) is 76.1 Å². The molecule has 4 heteroatoms. The molecule has 0 spiro atoms. The van der Waals surface area contributed by atoms with Crippen LogP contribution in [0.5, 0.6) is 0 Å². The van der Waals surface area contributed by atoms with Crippen molar-refractivity contribution in [1.82, 2.24) is 0 Å². The monoisotopic (exact) mass is 244 g/mol. The van der Waals surface area contributed by atoms with Gasteiger partial charge in [-0.05, 0) is 19.8 Å². The molecule has 0 heterocycles. The Morgan fingerprint density at radius 2 is 1.88 bits per heavy atom. The van der Waals surface area contributed by atoms with E-state index in [-0.39, 0.29) is 0 Å². The second-order valence-corrected chi connectivity index (χ2v) is 5.75. The van der Waals surface area contributed by atoms with Crippen molar-refractivity contribution in [3.8, 4) is 0 Å². The maximum atomic E-state index is 10.7. The number of carbonyl (C=O) groups excluding carboxylic acids is 1. The predicted octanol–water partition coefficient (Wildman–Crippen LogP) is 1.77. The number of aliphatic hydroxyl groups is 2. The van der Waals surface area contributed by atoms with Crippen molar-refractivity contribution in [3.05, 3.63) is 0 Å². The lowest BCUT2D eigenvalue weighted by Crippen LogP contribution is -2.56. The maximum absolute atomic E-state index is 10.7. The van der Waals surface area contributed by atoms with E-state index in [0.717, 1.165) is 6.42 Å². The van der Waals surface area contributed by atoms with E-state index in [1.807, 2.05) is 13.8 Å². The molecule has 4 nitrogen and oxygen atoms in total. The molecule has 1 rings (SSSR count). The van der Waals surface area contributed by atoms with Gasteiger partial charge in [0.05, 0.1) is 11.2 Å². The zero-order chi connectivity index (χ0) is 13.2. The molecule has 0 aliphatic heterocycles. The molecule has 3 unspecified atom stereocenters. The third-order valence-corrected chi connectivity index (χ3v) is 3.73. The summed E-state index contributed by atoms with van der Waals surface area (Å²) in [5.74, 6) is 0. The van der Waals surface area contributed by atoms with Crippen molar-refractivity contribution in [3.63, 3.8) is 0 Å². The van der Waals surface area contributed by atoms with Gasteiger partial charge in [-0.2, -0.15) is 0 Å². The SMILES string of the molecule is CCCC1(OC=O)CC(C)(O)CC(O)(CC)C1. The lowest BCUT2D eigenvalue weighted by molar-refractivity contribution is -0.193. The van der Waals surface area contributed by atoms with Crippen molar-refractivity contribution in [2.75, 3.05) is 0 Å². The number of rotatable bonds is 5. The molecule has 1 aliphatic rings. The van der Waals surface area contributed by atoms with Gasteiger partial charge in [-0.1, -0.05) is 20.3 Å². The normalized spacial score (nSPS) is 42.2. The van der Waals surface area contributed by atoms with Crippen LogP contribution in [0, 0.1) is 0 Å². The van der Waals surface area contributed by atoms with Crippen LogP contribution in [-0.4, -0.2) is 33.5 Å². The first-order valence-corrected chi connectivity index (χ1v) is 6.37. The zero-order valence-electron chi connectivity index (χ0n) is 11.0. The number of hydrogen-bond donors (Lipinski definition) is 2.